The van der Waals surface area contributed by atoms with E-state index in [0.717, 1.165) is 0 Å². The van der Waals surface area contributed by atoms with Crippen LogP contribution < -0.4 is 0 Å². The normalized spacial score (nSPS) is 10.4. The fourth-order valence-corrected chi connectivity index (χ4v) is 2.69. The van der Waals surface area contributed by atoms with Gasteiger partial charge in [0.2, 0.25) is 0 Å². The molecule has 2 rings (SSSR count). The van der Waals surface area contributed by atoms with E-state index in [4.69, 9.17) is 11.6 Å². The molecule has 0 amide bonds. The van der Waals surface area contributed by atoms with Crippen molar-refractivity contribution in [2.45, 2.75) is 11.9 Å². The first-order valence-electron chi connectivity index (χ1n) is 5.22. The van der Waals surface area contributed by atoms with Gasteiger partial charge in [-0.1, -0.05) is 23.4 Å². The van der Waals surface area contributed by atoms with Crippen molar-refractivity contribution in [3.8, 4) is 6.07 Å². The molecule has 0 fully saturated rings. The zero-order valence-electron chi connectivity index (χ0n) is 10.2. The standard InChI is InChI=1S/C11H9ClN4O2S/c1-5-14-9(12)8-6(3-13)11(16-10(8)15-5)19-4-7(17)18-2/h4H2,1-2H3,(H,14,15,16). The molecule has 0 aliphatic rings. The first-order valence-corrected chi connectivity index (χ1v) is 6.58. The number of aromatic amines is 1. The number of thioether (sulfide) groups is 1. The second kappa shape index (κ2) is 5.47. The number of ether oxygens (including phenoxy) is 1. The number of rotatable bonds is 3. The fraction of sp³-hybridized carbons (Fsp3) is 0.273. The van der Waals surface area contributed by atoms with Gasteiger partial charge in [0.15, 0.2) is 0 Å². The van der Waals surface area contributed by atoms with Crippen LogP contribution in [0.2, 0.25) is 5.15 Å². The molecule has 0 saturated carbocycles. The summed E-state index contributed by atoms with van der Waals surface area (Å²) in [7, 11) is 1.31. The first kappa shape index (κ1) is 13.6. The maximum absolute atomic E-state index is 11.1. The van der Waals surface area contributed by atoms with Gasteiger partial charge in [-0.05, 0) is 6.92 Å². The molecule has 6 nitrogen and oxygen atoms in total. The van der Waals surface area contributed by atoms with Crippen LogP contribution in [-0.4, -0.2) is 33.8 Å². The molecule has 19 heavy (non-hydrogen) atoms. The van der Waals surface area contributed by atoms with Crippen LogP contribution in [0.4, 0.5) is 0 Å². The van der Waals surface area contributed by atoms with Gasteiger partial charge in [-0.3, -0.25) is 4.79 Å². The molecule has 1 N–H and O–H groups in total. The Balaban J connectivity index is 2.48. The Morgan fingerprint density at radius 2 is 2.32 bits per heavy atom. The van der Waals surface area contributed by atoms with Crippen LogP contribution in [0.3, 0.4) is 0 Å². The zero-order valence-corrected chi connectivity index (χ0v) is 11.7. The summed E-state index contributed by atoms with van der Waals surface area (Å²) in [5.74, 6) is 0.232. The number of nitrogens with one attached hydrogen (secondary N) is 1. The summed E-state index contributed by atoms with van der Waals surface area (Å²) >= 11 is 7.19. The van der Waals surface area contributed by atoms with E-state index in [1.165, 1.54) is 18.9 Å². The van der Waals surface area contributed by atoms with Crippen LogP contribution in [0.25, 0.3) is 11.0 Å². The highest BCUT2D eigenvalue weighted by atomic mass is 35.5. The summed E-state index contributed by atoms with van der Waals surface area (Å²) in [5, 5.41) is 10.4. The molecule has 0 radical (unpaired) electrons. The van der Waals surface area contributed by atoms with E-state index in [0.29, 0.717) is 27.4 Å². The highest BCUT2D eigenvalue weighted by Crippen LogP contribution is 2.31. The predicted octanol–water partition coefficient (Wildman–Crippen LogP) is 2.06. The third-order valence-corrected chi connectivity index (χ3v) is 3.61. The maximum atomic E-state index is 11.1. The van der Waals surface area contributed by atoms with Gasteiger partial charge in [-0.2, -0.15) is 5.26 Å². The average molecular weight is 297 g/mol. The van der Waals surface area contributed by atoms with Gasteiger partial charge in [-0.25, -0.2) is 9.97 Å². The van der Waals surface area contributed by atoms with Crippen molar-refractivity contribution in [1.29, 1.82) is 5.26 Å². The number of methoxy groups -OCH3 is 1. The third kappa shape index (κ3) is 2.64. The Labute approximate surface area is 118 Å². The van der Waals surface area contributed by atoms with E-state index in [1.54, 1.807) is 6.92 Å². The van der Waals surface area contributed by atoms with Gasteiger partial charge < -0.3 is 9.72 Å². The van der Waals surface area contributed by atoms with Crippen LogP contribution in [0.15, 0.2) is 5.03 Å². The van der Waals surface area contributed by atoms with E-state index in [-0.39, 0.29) is 16.9 Å². The van der Waals surface area contributed by atoms with Crippen LogP contribution >= 0.6 is 23.4 Å². The molecule has 0 atom stereocenters. The molecule has 0 unspecified atom stereocenters. The molecule has 0 aliphatic heterocycles. The number of aromatic nitrogens is 3. The molecule has 0 aliphatic carbocycles. The van der Waals surface area contributed by atoms with E-state index in [9.17, 15) is 10.1 Å². The van der Waals surface area contributed by atoms with Gasteiger partial charge in [0, 0.05) is 0 Å². The molecule has 2 aromatic rings. The molecule has 8 heteroatoms. The van der Waals surface area contributed by atoms with Gasteiger partial charge >= 0.3 is 5.97 Å². The second-order valence-electron chi connectivity index (χ2n) is 3.59. The summed E-state index contributed by atoms with van der Waals surface area (Å²) < 4.78 is 4.55. The number of hydrogen-bond acceptors (Lipinski definition) is 6. The highest BCUT2D eigenvalue weighted by Gasteiger charge is 2.18. The summed E-state index contributed by atoms with van der Waals surface area (Å²) in [4.78, 5) is 22.3. The van der Waals surface area contributed by atoms with Gasteiger partial charge in [0.05, 0.1) is 28.8 Å². The summed E-state index contributed by atoms with van der Waals surface area (Å²) in [5.41, 5.74) is 0.829. The molecule has 2 heterocycles. The Morgan fingerprint density at radius 1 is 1.58 bits per heavy atom. The quantitative estimate of drug-likeness (QED) is 0.529. The van der Waals surface area contributed by atoms with Crippen LogP contribution in [0.5, 0.6) is 0 Å². The maximum Gasteiger partial charge on any atom is 0.316 e. The number of nitrogens with zero attached hydrogens (tertiary/aromatic N) is 3. The fourth-order valence-electron chi connectivity index (χ4n) is 1.54. The minimum Gasteiger partial charge on any atom is -0.468 e. The third-order valence-electron chi connectivity index (χ3n) is 2.36. The lowest BCUT2D eigenvalue weighted by Gasteiger charge is -1.97. The van der Waals surface area contributed by atoms with Crippen molar-refractivity contribution in [1.82, 2.24) is 15.0 Å². The molecule has 98 valence electrons. The summed E-state index contributed by atoms with van der Waals surface area (Å²) in [6, 6.07) is 2.05. The van der Waals surface area contributed by atoms with Crippen molar-refractivity contribution in [2.75, 3.05) is 12.9 Å². The monoisotopic (exact) mass is 296 g/mol. The molecule has 0 spiro atoms. The average Bonchev–Trinajstić information content (AvgIpc) is 2.73. The lowest BCUT2D eigenvalue weighted by atomic mass is 10.3. The zero-order chi connectivity index (χ0) is 14.0. The Hall–Kier alpha value is -1.78. The number of aryl methyl sites for hydroxylation is 1. The molecular weight excluding hydrogens is 288 g/mol. The SMILES string of the molecule is COC(=O)CSc1[nH]c2nc(C)nc(Cl)c2c1C#N. The van der Waals surface area contributed by atoms with Gasteiger partial charge in [0.25, 0.3) is 0 Å². The minimum absolute atomic E-state index is 0.0992. The van der Waals surface area contributed by atoms with Crippen molar-refractivity contribution in [3.05, 3.63) is 16.5 Å². The van der Waals surface area contributed by atoms with E-state index in [1.807, 2.05) is 0 Å². The lowest BCUT2D eigenvalue weighted by Crippen LogP contribution is -2.03. The number of esters is 1. The number of halogens is 1. The van der Waals surface area contributed by atoms with Crippen LogP contribution in [0.1, 0.15) is 11.4 Å². The van der Waals surface area contributed by atoms with Crippen molar-refractivity contribution >= 4 is 40.4 Å². The Morgan fingerprint density at radius 3 is 2.95 bits per heavy atom. The van der Waals surface area contributed by atoms with E-state index in [2.05, 4.69) is 25.8 Å². The van der Waals surface area contributed by atoms with Crippen molar-refractivity contribution < 1.29 is 9.53 Å². The number of carbonyl (C=O) groups is 1. The molecule has 0 bridgehead atoms. The molecular formula is C11H9ClN4O2S. The Kier molecular flexibility index (Phi) is 3.93. The second-order valence-corrected chi connectivity index (χ2v) is 4.93. The molecule has 0 saturated heterocycles. The number of carbonyl (C=O) groups excluding carboxylic acids is 1. The molecule has 0 aromatic carbocycles. The topological polar surface area (TPSA) is 91.7 Å². The predicted molar refractivity (Wildman–Crippen MR) is 71.1 cm³/mol. The van der Waals surface area contributed by atoms with Crippen LogP contribution in [0, 0.1) is 18.3 Å². The largest absolute Gasteiger partial charge is 0.468 e. The van der Waals surface area contributed by atoms with E-state index < -0.39 is 0 Å². The van der Waals surface area contributed by atoms with Gasteiger partial charge in [-0.15, -0.1) is 0 Å². The highest BCUT2D eigenvalue weighted by molar-refractivity contribution is 8.00. The smallest absolute Gasteiger partial charge is 0.316 e. The summed E-state index contributed by atoms with van der Waals surface area (Å²) in [6.45, 7) is 1.71. The number of hydrogen-bond donors (Lipinski definition) is 1. The van der Waals surface area contributed by atoms with Crippen LogP contribution in [-0.2, 0) is 9.53 Å². The van der Waals surface area contributed by atoms with Crippen molar-refractivity contribution in [3.63, 3.8) is 0 Å². The minimum atomic E-state index is -0.374. The van der Waals surface area contributed by atoms with Crippen molar-refractivity contribution in [2.24, 2.45) is 0 Å². The number of nitriles is 1. The van der Waals surface area contributed by atoms with E-state index >= 15 is 0 Å². The number of fused-ring (bicyclic) bond motifs is 1. The first-order chi connectivity index (χ1) is 9.06. The molecule has 2 aromatic heterocycles. The number of H-pyrrole nitrogens is 1. The van der Waals surface area contributed by atoms with Gasteiger partial charge in [0.1, 0.15) is 22.7 Å². The Bertz CT molecular complexity index is 692. The summed E-state index contributed by atoms with van der Waals surface area (Å²) in [6.07, 6.45) is 0. The lowest BCUT2D eigenvalue weighted by molar-refractivity contribution is -0.137.